The van der Waals surface area contributed by atoms with Crippen molar-refractivity contribution in [2.75, 3.05) is 14.1 Å². The van der Waals surface area contributed by atoms with Crippen LogP contribution in [0.25, 0.3) is 10.9 Å². The summed E-state index contributed by atoms with van der Waals surface area (Å²) in [6.07, 6.45) is 2.31. The van der Waals surface area contributed by atoms with E-state index in [-0.39, 0.29) is 5.69 Å². The Balaban J connectivity index is 0.000000221. The Morgan fingerprint density at radius 2 is 1.94 bits per heavy atom. The lowest BCUT2D eigenvalue weighted by Gasteiger charge is -1.93. The molecule has 0 radical (unpaired) electrons. The zero-order valence-corrected chi connectivity index (χ0v) is 9.18. The highest BCUT2D eigenvalue weighted by atomic mass is 16.1. The van der Waals surface area contributed by atoms with E-state index >= 15 is 0 Å². The zero-order chi connectivity index (χ0) is 12.0. The van der Waals surface area contributed by atoms with E-state index in [1.165, 1.54) is 4.90 Å². The molecule has 84 valence electrons. The number of nitrogens with one attached hydrogen (secondary N) is 1. The third-order valence-electron chi connectivity index (χ3n) is 1.73. The molecule has 0 atom stereocenters. The van der Waals surface area contributed by atoms with Crippen LogP contribution >= 0.6 is 0 Å². The van der Waals surface area contributed by atoms with Gasteiger partial charge >= 0.3 is 5.69 Å². The highest BCUT2D eigenvalue weighted by Gasteiger charge is 1.90. The summed E-state index contributed by atoms with van der Waals surface area (Å²) in [5.74, 6) is 0. The second-order valence-electron chi connectivity index (χ2n) is 3.34. The van der Waals surface area contributed by atoms with E-state index in [1.807, 2.05) is 24.3 Å². The molecule has 0 unspecified atom stereocenters. The van der Waals surface area contributed by atoms with Gasteiger partial charge in [0.15, 0.2) is 0 Å². The van der Waals surface area contributed by atoms with Crippen molar-refractivity contribution in [3.05, 3.63) is 40.9 Å². The van der Waals surface area contributed by atoms with Gasteiger partial charge < -0.3 is 9.88 Å². The molecule has 5 heteroatoms. The van der Waals surface area contributed by atoms with Crippen LogP contribution < -0.4 is 5.69 Å². The molecular formula is C11H13N3O2. The SMILES string of the molecule is CN(C)C=O.O=c1ncc2ccccc2[nH]1. The molecule has 2 rings (SSSR count). The number of amides is 1. The van der Waals surface area contributed by atoms with Crippen LogP contribution in [-0.4, -0.2) is 35.4 Å². The Morgan fingerprint density at radius 1 is 1.31 bits per heavy atom. The van der Waals surface area contributed by atoms with Crippen molar-refractivity contribution in [3.8, 4) is 0 Å². The normalized spacial score (nSPS) is 9.12. The van der Waals surface area contributed by atoms with E-state index in [0.29, 0.717) is 0 Å². The molecule has 1 heterocycles. The zero-order valence-electron chi connectivity index (χ0n) is 9.18. The summed E-state index contributed by atoms with van der Waals surface area (Å²) in [6, 6.07) is 7.53. The van der Waals surface area contributed by atoms with Gasteiger partial charge in [0.05, 0.1) is 5.52 Å². The quantitative estimate of drug-likeness (QED) is 0.715. The maximum Gasteiger partial charge on any atom is 0.345 e. The van der Waals surface area contributed by atoms with Gasteiger partial charge in [0, 0.05) is 25.7 Å². The van der Waals surface area contributed by atoms with Crippen molar-refractivity contribution in [1.29, 1.82) is 0 Å². The molecule has 0 bridgehead atoms. The van der Waals surface area contributed by atoms with Gasteiger partial charge in [0.25, 0.3) is 0 Å². The monoisotopic (exact) mass is 219 g/mol. The van der Waals surface area contributed by atoms with Gasteiger partial charge in [0.2, 0.25) is 6.41 Å². The second-order valence-corrected chi connectivity index (χ2v) is 3.34. The summed E-state index contributed by atoms with van der Waals surface area (Å²) in [5, 5.41) is 0.951. The predicted molar refractivity (Wildman–Crippen MR) is 62.1 cm³/mol. The lowest BCUT2D eigenvalue weighted by atomic mass is 10.2. The number of hydrogen-bond acceptors (Lipinski definition) is 3. The number of aromatic amines is 1. The molecule has 0 aliphatic carbocycles. The summed E-state index contributed by atoms with van der Waals surface area (Å²) in [5.41, 5.74) is 0.524. The second kappa shape index (κ2) is 5.65. The van der Waals surface area contributed by atoms with Gasteiger partial charge in [-0.25, -0.2) is 9.78 Å². The standard InChI is InChI=1S/C8H6N2O.C3H7NO/c11-8-9-5-6-3-1-2-4-7(6)10-8;1-4(2)3-5/h1-5H,(H,9,10,11);3H,1-2H3. The van der Waals surface area contributed by atoms with Crippen LogP contribution in [0.1, 0.15) is 0 Å². The van der Waals surface area contributed by atoms with Gasteiger partial charge in [-0.3, -0.25) is 4.79 Å². The maximum absolute atomic E-state index is 10.7. The number of carbonyl (C=O) groups excluding carboxylic acids is 1. The number of H-pyrrole nitrogens is 1. The molecule has 16 heavy (non-hydrogen) atoms. The smallest absolute Gasteiger partial charge is 0.345 e. The van der Waals surface area contributed by atoms with Crippen LogP contribution in [0, 0.1) is 0 Å². The highest BCUT2D eigenvalue weighted by molar-refractivity contribution is 5.76. The van der Waals surface area contributed by atoms with Gasteiger partial charge in [0.1, 0.15) is 0 Å². The van der Waals surface area contributed by atoms with Gasteiger partial charge in [-0.2, -0.15) is 0 Å². The fraction of sp³-hybridized carbons (Fsp3) is 0.182. The van der Waals surface area contributed by atoms with Gasteiger partial charge in [-0.1, -0.05) is 18.2 Å². The molecule has 0 aliphatic heterocycles. The van der Waals surface area contributed by atoms with Crippen LogP contribution in [0.3, 0.4) is 0 Å². The van der Waals surface area contributed by atoms with Crippen molar-refractivity contribution >= 4 is 17.3 Å². The Kier molecular flexibility index (Phi) is 4.20. The van der Waals surface area contributed by atoms with Crippen molar-refractivity contribution in [1.82, 2.24) is 14.9 Å². The van der Waals surface area contributed by atoms with Crippen LogP contribution in [-0.2, 0) is 4.79 Å². The van der Waals surface area contributed by atoms with Gasteiger partial charge in [-0.05, 0) is 6.07 Å². The van der Waals surface area contributed by atoms with E-state index < -0.39 is 0 Å². The molecule has 1 N–H and O–H groups in total. The van der Waals surface area contributed by atoms with E-state index in [1.54, 1.807) is 20.3 Å². The Bertz CT molecular complexity index is 520. The number of benzene rings is 1. The fourth-order valence-electron chi connectivity index (χ4n) is 0.999. The number of carbonyl (C=O) groups is 1. The minimum absolute atomic E-state index is 0.302. The van der Waals surface area contributed by atoms with Crippen molar-refractivity contribution < 1.29 is 4.79 Å². The molecule has 0 fully saturated rings. The van der Waals surface area contributed by atoms with E-state index in [9.17, 15) is 9.59 Å². The average molecular weight is 219 g/mol. The molecule has 0 saturated carbocycles. The van der Waals surface area contributed by atoms with Crippen molar-refractivity contribution in [2.45, 2.75) is 0 Å². The van der Waals surface area contributed by atoms with Crippen molar-refractivity contribution in [3.63, 3.8) is 0 Å². The fourth-order valence-corrected chi connectivity index (χ4v) is 0.999. The third kappa shape index (κ3) is 3.53. The summed E-state index contributed by atoms with van der Waals surface area (Å²) in [6.45, 7) is 0. The number of hydrogen-bond donors (Lipinski definition) is 1. The van der Waals surface area contributed by atoms with Crippen molar-refractivity contribution in [2.24, 2.45) is 0 Å². The molecule has 5 nitrogen and oxygen atoms in total. The number of rotatable bonds is 1. The average Bonchev–Trinajstić information content (AvgIpc) is 2.29. The van der Waals surface area contributed by atoms with E-state index in [4.69, 9.17) is 0 Å². The molecule has 0 spiro atoms. The third-order valence-corrected chi connectivity index (χ3v) is 1.73. The molecule has 1 amide bonds. The Morgan fingerprint density at radius 3 is 2.56 bits per heavy atom. The van der Waals surface area contributed by atoms with Crippen LogP contribution in [0.15, 0.2) is 35.3 Å². The first-order valence-electron chi connectivity index (χ1n) is 4.69. The first-order chi connectivity index (χ1) is 7.63. The lowest BCUT2D eigenvalue weighted by molar-refractivity contribution is -0.115. The lowest BCUT2D eigenvalue weighted by Crippen LogP contribution is -2.07. The van der Waals surface area contributed by atoms with Crippen LogP contribution in [0.2, 0.25) is 0 Å². The van der Waals surface area contributed by atoms with Crippen LogP contribution in [0.5, 0.6) is 0 Å². The summed E-state index contributed by atoms with van der Waals surface area (Å²) in [4.78, 5) is 27.8. The Hall–Kier alpha value is -2.17. The summed E-state index contributed by atoms with van der Waals surface area (Å²) in [7, 11) is 3.38. The number of nitrogens with zero attached hydrogens (tertiary/aromatic N) is 2. The first-order valence-corrected chi connectivity index (χ1v) is 4.69. The van der Waals surface area contributed by atoms with E-state index in [2.05, 4.69) is 9.97 Å². The molecular weight excluding hydrogens is 206 g/mol. The van der Waals surface area contributed by atoms with Crippen LogP contribution in [0.4, 0.5) is 0 Å². The van der Waals surface area contributed by atoms with Gasteiger partial charge in [-0.15, -0.1) is 0 Å². The number of para-hydroxylation sites is 1. The minimum Gasteiger partial charge on any atom is -0.351 e. The largest absolute Gasteiger partial charge is 0.351 e. The Labute approximate surface area is 92.7 Å². The van der Waals surface area contributed by atoms with E-state index in [0.717, 1.165) is 17.3 Å². The number of fused-ring (bicyclic) bond motifs is 1. The first kappa shape index (κ1) is 11.9. The summed E-state index contributed by atoms with van der Waals surface area (Å²) >= 11 is 0. The molecule has 0 saturated heterocycles. The predicted octanol–water partition coefficient (Wildman–Crippen LogP) is 0.627. The molecule has 1 aromatic heterocycles. The molecule has 0 aliphatic rings. The molecule has 2 aromatic rings. The highest BCUT2D eigenvalue weighted by Crippen LogP contribution is 2.05. The molecule has 1 aromatic carbocycles. The maximum atomic E-state index is 10.7. The number of aromatic nitrogens is 2. The summed E-state index contributed by atoms with van der Waals surface area (Å²) < 4.78 is 0. The minimum atomic E-state index is -0.302. The topological polar surface area (TPSA) is 66.1 Å².